The smallest absolute Gasteiger partial charge is 0.324 e. The van der Waals surface area contributed by atoms with E-state index in [1.165, 1.54) is 16.0 Å². The summed E-state index contributed by atoms with van der Waals surface area (Å²) in [6.45, 7) is 4.17. The number of amides is 3. The number of hydrogen-bond acceptors (Lipinski definition) is 2. The van der Waals surface area contributed by atoms with Gasteiger partial charge in [-0.3, -0.25) is 9.69 Å². The zero-order chi connectivity index (χ0) is 21.3. The van der Waals surface area contributed by atoms with Crippen molar-refractivity contribution in [1.29, 1.82) is 0 Å². The molecule has 2 unspecified atom stereocenters. The Balaban J connectivity index is 1.56. The quantitative estimate of drug-likeness (QED) is 0.774. The molecule has 4 heteroatoms. The number of carbonyl (C=O) groups is 2. The molecule has 0 spiro atoms. The molecular weight excluding hydrogens is 372 g/mol. The van der Waals surface area contributed by atoms with Crippen molar-refractivity contribution < 1.29 is 9.59 Å². The molecule has 0 aromatic heterocycles. The van der Waals surface area contributed by atoms with E-state index in [0.29, 0.717) is 18.3 Å². The van der Waals surface area contributed by atoms with Gasteiger partial charge in [0.15, 0.2) is 0 Å². The lowest BCUT2D eigenvalue weighted by atomic mass is 9.64. The van der Waals surface area contributed by atoms with E-state index >= 15 is 0 Å². The monoisotopic (exact) mass is 404 g/mol. The lowest BCUT2D eigenvalue weighted by Gasteiger charge is -2.50. The minimum absolute atomic E-state index is 0.0621. The van der Waals surface area contributed by atoms with E-state index in [9.17, 15) is 9.59 Å². The maximum atomic E-state index is 13.2. The summed E-state index contributed by atoms with van der Waals surface area (Å²) in [4.78, 5) is 27.1. The Bertz CT molecular complexity index is 918. The van der Waals surface area contributed by atoms with Crippen LogP contribution in [0, 0.1) is 18.8 Å². The average molecular weight is 405 g/mol. The number of imide groups is 1. The van der Waals surface area contributed by atoms with Crippen molar-refractivity contribution >= 4 is 11.9 Å². The average Bonchev–Trinajstić information content (AvgIpc) is 2.76. The Labute approximate surface area is 179 Å². The van der Waals surface area contributed by atoms with Crippen molar-refractivity contribution in [2.45, 2.75) is 57.4 Å². The van der Waals surface area contributed by atoms with Crippen LogP contribution < -0.4 is 5.32 Å². The SMILES string of the molecule is Cc1cccc(CC2C(=O)N(C)C(=O)NC2(C)C2CCC(c3ccccc3)CC2)c1. The Kier molecular flexibility index (Phi) is 5.68. The van der Waals surface area contributed by atoms with Crippen molar-refractivity contribution in [3.05, 3.63) is 71.3 Å². The van der Waals surface area contributed by atoms with E-state index in [2.05, 4.69) is 67.7 Å². The molecule has 1 heterocycles. The van der Waals surface area contributed by atoms with Crippen molar-refractivity contribution in [1.82, 2.24) is 10.2 Å². The van der Waals surface area contributed by atoms with Gasteiger partial charge >= 0.3 is 6.03 Å². The van der Waals surface area contributed by atoms with Gasteiger partial charge in [0.2, 0.25) is 5.91 Å². The summed E-state index contributed by atoms with van der Waals surface area (Å²) < 4.78 is 0. The molecule has 1 aliphatic carbocycles. The first kappa shape index (κ1) is 20.6. The van der Waals surface area contributed by atoms with Gasteiger partial charge in [0.05, 0.1) is 11.5 Å². The van der Waals surface area contributed by atoms with Crippen LogP contribution in [0.15, 0.2) is 54.6 Å². The Morgan fingerprint density at radius 1 is 1.00 bits per heavy atom. The number of nitrogens with one attached hydrogen (secondary N) is 1. The molecule has 1 saturated heterocycles. The number of nitrogens with zero attached hydrogens (tertiary/aromatic N) is 1. The first-order chi connectivity index (χ1) is 14.4. The number of carbonyl (C=O) groups excluding carboxylic acids is 2. The summed E-state index contributed by atoms with van der Waals surface area (Å²) in [6, 6.07) is 18.8. The predicted molar refractivity (Wildman–Crippen MR) is 119 cm³/mol. The van der Waals surface area contributed by atoms with Crippen molar-refractivity contribution in [2.75, 3.05) is 7.05 Å². The Morgan fingerprint density at radius 2 is 1.70 bits per heavy atom. The molecular formula is C26H32N2O2. The van der Waals surface area contributed by atoms with E-state index in [0.717, 1.165) is 31.2 Å². The third kappa shape index (κ3) is 3.88. The highest BCUT2D eigenvalue weighted by atomic mass is 16.2. The molecule has 2 aliphatic rings. The van der Waals surface area contributed by atoms with Crippen LogP contribution in [0.5, 0.6) is 0 Å². The number of benzene rings is 2. The number of hydrogen-bond donors (Lipinski definition) is 1. The lowest BCUT2D eigenvalue weighted by molar-refractivity contribution is -0.138. The third-order valence-corrected chi connectivity index (χ3v) is 7.40. The van der Waals surface area contributed by atoms with Crippen LogP contribution in [0.25, 0.3) is 0 Å². The van der Waals surface area contributed by atoms with Gasteiger partial charge in [-0.05, 0) is 68.9 Å². The van der Waals surface area contributed by atoms with Crippen LogP contribution in [0.3, 0.4) is 0 Å². The highest BCUT2D eigenvalue weighted by Crippen LogP contribution is 2.44. The fourth-order valence-electron chi connectivity index (χ4n) is 5.50. The summed E-state index contributed by atoms with van der Waals surface area (Å²) in [5.74, 6) is 0.557. The second-order valence-electron chi connectivity index (χ2n) is 9.32. The van der Waals surface area contributed by atoms with E-state index in [-0.39, 0.29) is 17.9 Å². The molecule has 2 aromatic carbocycles. The van der Waals surface area contributed by atoms with Crippen molar-refractivity contribution in [3.8, 4) is 0 Å². The van der Waals surface area contributed by atoms with Gasteiger partial charge < -0.3 is 5.32 Å². The molecule has 4 nitrogen and oxygen atoms in total. The van der Waals surface area contributed by atoms with Crippen LogP contribution in [-0.2, 0) is 11.2 Å². The van der Waals surface area contributed by atoms with Gasteiger partial charge in [0, 0.05) is 7.05 Å². The first-order valence-corrected chi connectivity index (χ1v) is 11.1. The molecule has 3 amide bonds. The van der Waals surface area contributed by atoms with E-state index in [1.807, 2.05) is 6.07 Å². The lowest BCUT2D eigenvalue weighted by Crippen LogP contribution is -2.68. The van der Waals surface area contributed by atoms with E-state index < -0.39 is 5.54 Å². The molecule has 4 rings (SSSR count). The van der Waals surface area contributed by atoms with Crippen LogP contribution in [0.1, 0.15) is 55.2 Å². The van der Waals surface area contributed by atoms with Crippen molar-refractivity contribution in [3.63, 3.8) is 0 Å². The maximum absolute atomic E-state index is 13.2. The summed E-state index contributed by atoms with van der Waals surface area (Å²) >= 11 is 0. The van der Waals surface area contributed by atoms with Gasteiger partial charge in [-0.15, -0.1) is 0 Å². The van der Waals surface area contributed by atoms with Crippen LogP contribution in [-0.4, -0.2) is 29.4 Å². The molecule has 1 aliphatic heterocycles. The number of urea groups is 1. The zero-order valence-electron chi connectivity index (χ0n) is 18.2. The van der Waals surface area contributed by atoms with Crippen LogP contribution >= 0.6 is 0 Å². The molecule has 158 valence electrons. The summed E-state index contributed by atoms with van der Waals surface area (Å²) in [6.07, 6.45) is 4.90. The summed E-state index contributed by atoms with van der Waals surface area (Å²) in [5.41, 5.74) is 3.23. The highest BCUT2D eigenvalue weighted by Gasteiger charge is 2.52. The highest BCUT2D eigenvalue weighted by molar-refractivity contribution is 5.99. The molecule has 2 aromatic rings. The van der Waals surface area contributed by atoms with E-state index in [4.69, 9.17) is 0 Å². The van der Waals surface area contributed by atoms with Gasteiger partial charge in [0.1, 0.15) is 0 Å². The molecule has 0 bridgehead atoms. The van der Waals surface area contributed by atoms with Crippen LogP contribution in [0.4, 0.5) is 4.79 Å². The minimum Gasteiger partial charge on any atom is -0.331 e. The van der Waals surface area contributed by atoms with Gasteiger partial charge in [0.25, 0.3) is 0 Å². The second kappa shape index (κ2) is 8.25. The second-order valence-corrected chi connectivity index (χ2v) is 9.32. The first-order valence-electron chi connectivity index (χ1n) is 11.1. The molecule has 1 saturated carbocycles. The zero-order valence-corrected chi connectivity index (χ0v) is 18.2. The third-order valence-electron chi connectivity index (χ3n) is 7.40. The predicted octanol–water partition coefficient (Wildman–Crippen LogP) is 5.07. The standard InChI is InChI=1S/C26H32N2O2/c1-18-8-7-9-19(16-18)17-23-24(29)28(3)25(30)27-26(23,2)22-14-12-21(13-15-22)20-10-5-4-6-11-20/h4-11,16,21-23H,12-15,17H2,1-3H3,(H,27,30). The fourth-order valence-corrected chi connectivity index (χ4v) is 5.50. The van der Waals surface area contributed by atoms with Gasteiger partial charge in [-0.2, -0.15) is 0 Å². The van der Waals surface area contributed by atoms with Crippen molar-refractivity contribution in [2.24, 2.45) is 11.8 Å². The molecule has 2 fully saturated rings. The summed E-state index contributed by atoms with van der Waals surface area (Å²) in [5, 5.41) is 3.25. The van der Waals surface area contributed by atoms with Crippen LogP contribution in [0.2, 0.25) is 0 Å². The number of aryl methyl sites for hydroxylation is 1. The van der Waals surface area contributed by atoms with E-state index in [1.54, 1.807) is 7.05 Å². The molecule has 2 atom stereocenters. The fraction of sp³-hybridized carbons (Fsp3) is 0.462. The maximum Gasteiger partial charge on any atom is 0.324 e. The summed E-state index contributed by atoms with van der Waals surface area (Å²) in [7, 11) is 1.59. The topological polar surface area (TPSA) is 49.4 Å². The normalized spacial score (nSPS) is 29.6. The Morgan fingerprint density at radius 3 is 2.37 bits per heavy atom. The molecule has 1 N–H and O–H groups in total. The Hall–Kier alpha value is -2.62. The molecule has 0 radical (unpaired) electrons. The largest absolute Gasteiger partial charge is 0.331 e. The number of rotatable bonds is 4. The minimum atomic E-state index is -0.522. The van der Waals surface area contributed by atoms with Gasteiger partial charge in [-0.1, -0.05) is 60.2 Å². The molecule has 30 heavy (non-hydrogen) atoms. The van der Waals surface area contributed by atoms with Gasteiger partial charge in [-0.25, -0.2) is 4.79 Å².